The number of alkyl halides is 1. The number of nitrogens with zero attached hydrogens (tertiary/aromatic N) is 5. The first-order valence-corrected chi connectivity index (χ1v) is 12.2. The number of primary amides is 1. The lowest BCUT2D eigenvalue weighted by molar-refractivity contribution is -0.139. The molecule has 4 atom stereocenters. The van der Waals surface area contributed by atoms with Gasteiger partial charge >= 0.3 is 0 Å². The summed E-state index contributed by atoms with van der Waals surface area (Å²) in [5.74, 6) is -1.14. The monoisotopic (exact) mass is 508 g/mol. The Morgan fingerprint density at radius 3 is 2.86 bits per heavy atom. The molecule has 2 aliphatic heterocycles. The van der Waals surface area contributed by atoms with E-state index >= 15 is 0 Å². The summed E-state index contributed by atoms with van der Waals surface area (Å²) in [5.41, 5.74) is 7.36. The van der Waals surface area contributed by atoms with Gasteiger partial charge in [-0.1, -0.05) is 12.6 Å². The van der Waals surface area contributed by atoms with E-state index in [1.807, 2.05) is 6.92 Å². The molecule has 3 amide bonds. The third-order valence-electron chi connectivity index (χ3n) is 7.43. The van der Waals surface area contributed by atoms with Gasteiger partial charge in [-0.05, 0) is 42.5 Å². The summed E-state index contributed by atoms with van der Waals surface area (Å²) < 4.78 is 15.8. The highest BCUT2D eigenvalue weighted by Gasteiger charge is 2.59. The van der Waals surface area contributed by atoms with Crippen LogP contribution in [-0.4, -0.2) is 69.8 Å². The molecule has 3 heterocycles. The fourth-order valence-electron chi connectivity index (χ4n) is 5.36. The molecule has 194 valence electrons. The molecule has 0 radical (unpaired) electrons. The summed E-state index contributed by atoms with van der Waals surface area (Å²) in [4.78, 5) is 39.7. The smallest absolute Gasteiger partial charge is 0.269 e. The Morgan fingerprint density at radius 2 is 2.19 bits per heavy atom. The van der Waals surface area contributed by atoms with E-state index in [0.717, 1.165) is 24.1 Å². The van der Waals surface area contributed by atoms with Crippen LogP contribution < -0.4 is 16.4 Å². The minimum absolute atomic E-state index is 0.0110. The zero-order chi connectivity index (χ0) is 26.3. The van der Waals surface area contributed by atoms with Crippen LogP contribution in [0.3, 0.4) is 0 Å². The van der Waals surface area contributed by atoms with E-state index in [1.54, 1.807) is 24.4 Å². The van der Waals surface area contributed by atoms with Crippen molar-refractivity contribution in [2.45, 2.75) is 44.1 Å². The lowest BCUT2D eigenvalue weighted by Gasteiger charge is -2.26. The number of carbonyl (C=O) groups is 3. The molecule has 0 bridgehead atoms. The first-order valence-electron chi connectivity index (χ1n) is 12.2. The molecule has 11 nitrogen and oxygen atoms in total. The minimum Gasteiger partial charge on any atom is -0.364 e. The molecule has 5 rings (SSSR count). The lowest BCUT2D eigenvalue weighted by Crippen LogP contribution is -2.51. The van der Waals surface area contributed by atoms with Gasteiger partial charge in [-0.3, -0.25) is 19.1 Å². The molecule has 3 fully saturated rings. The average molecular weight is 509 g/mol. The average Bonchev–Trinajstić information content (AvgIpc) is 3.19. The number of azo groups is 1. The predicted octanol–water partition coefficient (Wildman–Crippen LogP) is 1.51. The van der Waals surface area contributed by atoms with Crippen molar-refractivity contribution in [3.63, 3.8) is 0 Å². The van der Waals surface area contributed by atoms with Crippen molar-refractivity contribution >= 4 is 34.2 Å². The number of fused-ring (bicyclic) bond motifs is 2. The number of piperidine rings is 1. The lowest BCUT2D eigenvalue weighted by atomic mass is 10.0. The van der Waals surface area contributed by atoms with Gasteiger partial charge < -0.3 is 21.3 Å². The van der Waals surface area contributed by atoms with Crippen molar-refractivity contribution in [2.24, 2.45) is 21.9 Å². The van der Waals surface area contributed by atoms with Gasteiger partial charge in [-0.15, -0.1) is 0 Å². The van der Waals surface area contributed by atoms with Crippen LogP contribution in [0.5, 0.6) is 0 Å². The fourth-order valence-corrected chi connectivity index (χ4v) is 5.36. The van der Waals surface area contributed by atoms with Gasteiger partial charge in [0, 0.05) is 31.1 Å². The number of halogens is 1. The standard InChI is InChI=1S/C25H29FN8O3/c1-3-29-30-9-14(2)15-4-5-19-18(6-15)22(23(27)36)32-34(19)12-21(35)33-11-17(26)7-20(33)24(37)31-25-8-16(25)10-28-13-25/h3-6,9,16-17,20,28H,1,7-8,10-13H2,2H3,(H2,27,36)(H,31,37)/b14-9+,30-29?. The summed E-state index contributed by atoms with van der Waals surface area (Å²) in [6, 6.07) is 4.38. The quantitative estimate of drug-likeness (QED) is 0.463. The predicted molar refractivity (Wildman–Crippen MR) is 134 cm³/mol. The van der Waals surface area contributed by atoms with Crippen molar-refractivity contribution in [1.29, 1.82) is 0 Å². The van der Waals surface area contributed by atoms with Crippen molar-refractivity contribution < 1.29 is 18.8 Å². The van der Waals surface area contributed by atoms with Gasteiger partial charge in [0.15, 0.2) is 5.69 Å². The zero-order valence-electron chi connectivity index (χ0n) is 20.5. The molecule has 1 aliphatic carbocycles. The number of hydrogen-bond donors (Lipinski definition) is 3. The molecule has 1 saturated carbocycles. The Hall–Kier alpha value is -3.93. The van der Waals surface area contributed by atoms with E-state index in [-0.39, 0.29) is 36.7 Å². The Kier molecular flexibility index (Phi) is 6.36. The number of amides is 3. The number of aromatic nitrogens is 2. The van der Waals surface area contributed by atoms with Gasteiger partial charge in [0.1, 0.15) is 18.8 Å². The molecule has 4 N–H and O–H groups in total. The molecule has 12 heteroatoms. The Morgan fingerprint density at radius 1 is 1.38 bits per heavy atom. The molecule has 2 aromatic rings. The van der Waals surface area contributed by atoms with Crippen LogP contribution in [0.4, 0.5) is 4.39 Å². The largest absolute Gasteiger partial charge is 0.364 e. The Bertz CT molecular complexity index is 1350. The maximum absolute atomic E-state index is 14.4. The maximum Gasteiger partial charge on any atom is 0.269 e. The van der Waals surface area contributed by atoms with Crippen LogP contribution in [0.25, 0.3) is 16.5 Å². The highest BCUT2D eigenvalue weighted by molar-refractivity contribution is 6.05. The van der Waals surface area contributed by atoms with Gasteiger partial charge in [0.2, 0.25) is 11.8 Å². The first-order chi connectivity index (χ1) is 17.7. The highest BCUT2D eigenvalue weighted by Crippen LogP contribution is 2.46. The van der Waals surface area contributed by atoms with Crippen molar-refractivity contribution in [1.82, 2.24) is 25.3 Å². The molecule has 3 aliphatic rings. The third-order valence-corrected chi connectivity index (χ3v) is 7.43. The van der Waals surface area contributed by atoms with Crippen LogP contribution >= 0.6 is 0 Å². The van der Waals surface area contributed by atoms with Crippen LogP contribution in [0, 0.1) is 5.92 Å². The number of benzene rings is 1. The summed E-state index contributed by atoms with van der Waals surface area (Å²) in [6.45, 7) is 6.41. The van der Waals surface area contributed by atoms with Crippen molar-refractivity contribution in [3.05, 3.63) is 48.4 Å². The normalized spacial score (nSPS) is 27.0. The number of nitrogens with one attached hydrogen (secondary N) is 2. The molecule has 2 saturated heterocycles. The Labute approximate surface area is 212 Å². The Balaban J connectivity index is 1.38. The molecule has 4 unspecified atom stereocenters. The van der Waals surface area contributed by atoms with Crippen molar-refractivity contribution in [3.8, 4) is 0 Å². The van der Waals surface area contributed by atoms with Gasteiger partial charge in [0.25, 0.3) is 5.91 Å². The van der Waals surface area contributed by atoms with Gasteiger partial charge in [-0.25, -0.2) is 4.39 Å². The second kappa shape index (κ2) is 9.51. The van der Waals surface area contributed by atoms with E-state index in [1.165, 1.54) is 15.8 Å². The summed E-state index contributed by atoms with van der Waals surface area (Å²) >= 11 is 0. The van der Waals surface area contributed by atoms with Crippen LogP contribution in [0.1, 0.15) is 35.8 Å². The SMILES string of the molecule is C=CN=N/C=C(\C)c1ccc2c(c1)c(C(N)=O)nn2CC(=O)N1CC(F)CC1C(=O)NC12CNCC1C2. The summed E-state index contributed by atoms with van der Waals surface area (Å²) in [7, 11) is 0. The fraction of sp³-hybridized carbons (Fsp3) is 0.440. The number of likely N-dealkylation sites (tertiary alicyclic amines) is 1. The second-order valence-corrected chi connectivity index (χ2v) is 9.90. The van der Waals surface area contributed by atoms with Gasteiger partial charge in [-0.2, -0.15) is 15.3 Å². The number of carbonyl (C=O) groups excluding carboxylic acids is 3. The van der Waals surface area contributed by atoms with E-state index in [0.29, 0.717) is 23.4 Å². The highest BCUT2D eigenvalue weighted by atomic mass is 19.1. The van der Waals surface area contributed by atoms with E-state index in [9.17, 15) is 18.8 Å². The third kappa shape index (κ3) is 4.64. The number of hydrogen-bond acceptors (Lipinski definition) is 7. The molecule has 0 spiro atoms. The number of nitrogens with two attached hydrogens (primary N) is 1. The maximum atomic E-state index is 14.4. The molecular weight excluding hydrogens is 479 g/mol. The number of allylic oxidation sites excluding steroid dienone is 1. The minimum atomic E-state index is -1.29. The zero-order valence-corrected chi connectivity index (χ0v) is 20.5. The topological polar surface area (TPSA) is 147 Å². The number of rotatable bonds is 8. The second-order valence-electron chi connectivity index (χ2n) is 9.90. The van der Waals surface area contributed by atoms with Crippen molar-refractivity contribution in [2.75, 3.05) is 19.6 Å². The van der Waals surface area contributed by atoms with Crippen LogP contribution in [0.15, 0.2) is 47.4 Å². The van der Waals surface area contributed by atoms with Crippen LogP contribution in [0.2, 0.25) is 0 Å². The summed E-state index contributed by atoms with van der Waals surface area (Å²) in [6.07, 6.45) is 2.43. The first kappa shape index (κ1) is 24.8. The molecule has 1 aromatic carbocycles. The van der Waals surface area contributed by atoms with Crippen LogP contribution in [-0.2, 0) is 16.1 Å². The van der Waals surface area contributed by atoms with E-state index < -0.39 is 24.0 Å². The van der Waals surface area contributed by atoms with Gasteiger partial charge in [0.05, 0.1) is 23.8 Å². The molecule has 1 aromatic heterocycles. The summed E-state index contributed by atoms with van der Waals surface area (Å²) in [5, 5.41) is 18.6. The molecular formula is C25H29FN8O3. The van der Waals surface area contributed by atoms with E-state index in [4.69, 9.17) is 5.73 Å². The molecule has 37 heavy (non-hydrogen) atoms. The van der Waals surface area contributed by atoms with E-state index in [2.05, 4.69) is 32.5 Å².